The van der Waals surface area contributed by atoms with Crippen molar-refractivity contribution in [2.45, 2.75) is 20.4 Å². The van der Waals surface area contributed by atoms with Crippen LogP contribution in [0, 0.1) is 13.8 Å². The van der Waals surface area contributed by atoms with Gasteiger partial charge in [0.15, 0.2) is 0 Å². The van der Waals surface area contributed by atoms with Crippen molar-refractivity contribution in [3.63, 3.8) is 0 Å². The van der Waals surface area contributed by atoms with Gasteiger partial charge in [-0.1, -0.05) is 48.5 Å². The molecule has 0 bridgehead atoms. The second-order valence-electron chi connectivity index (χ2n) is 5.46. The van der Waals surface area contributed by atoms with Crippen LogP contribution in [0.4, 0.5) is 5.95 Å². The molecule has 0 aliphatic carbocycles. The van der Waals surface area contributed by atoms with Crippen LogP contribution in [0.2, 0.25) is 0 Å². The molecular weight excluding hydrogens is 302 g/mol. The number of benzene rings is 2. The van der Waals surface area contributed by atoms with Crippen molar-refractivity contribution in [3.05, 3.63) is 82.0 Å². The quantitative estimate of drug-likeness (QED) is 0.706. The Bertz CT molecular complexity index is 889. The van der Waals surface area contributed by atoms with Gasteiger partial charge in [0, 0.05) is 6.54 Å². The molecule has 6 nitrogen and oxygen atoms in total. The SMILES string of the molecule is Cc1ccccc1-n1c(C)nc(NNCc2ccccc2)nc1=O. The van der Waals surface area contributed by atoms with Crippen molar-refractivity contribution < 1.29 is 0 Å². The molecule has 0 aliphatic rings. The normalized spacial score (nSPS) is 10.6. The highest BCUT2D eigenvalue weighted by Gasteiger charge is 2.10. The molecular formula is C18H19N5O. The van der Waals surface area contributed by atoms with Crippen LogP contribution in [-0.4, -0.2) is 14.5 Å². The molecule has 3 aromatic rings. The summed E-state index contributed by atoms with van der Waals surface area (Å²) in [6.07, 6.45) is 0. The lowest BCUT2D eigenvalue weighted by Crippen LogP contribution is -2.30. The Morgan fingerprint density at radius 1 is 0.958 bits per heavy atom. The summed E-state index contributed by atoms with van der Waals surface area (Å²) < 4.78 is 1.51. The molecule has 0 radical (unpaired) electrons. The minimum Gasteiger partial charge on any atom is -0.289 e. The zero-order valence-corrected chi connectivity index (χ0v) is 13.7. The van der Waals surface area contributed by atoms with Gasteiger partial charge in [-0.25, -0.2) is 14.8 Å². The van der Waals surface area contributed by atoms with Gasteiger partial charge in [0.25, 0.3) is 0 Å². The number of nitrogens with zero attached hydrogens (tertiary/aromatic N) is 3. The second kappa shape index (κ2) is 7.06. The van der Waals surface area contributed by atoms with Crippen molar-refractivity contribution in [2.75, 3.05) is 5.43 Å². The molecule has 122 valence electrons. The van der Waals surface area contributed by atoms with Gasteiger partial charge in [-0.15, -0.1) is 0 Å². The van der Waals surface area contributed by atoms with Crippen LogP contribution in [0.1, 0.15) is 17.0 Å². The number of hydrogen-bond donors (Lipinski definition) is 2. The average Bonchev–Trinajstić information content (AvgIpc) is 2.57. The molecule has 0 unspecified atom stereocenters. The number of nitrogens with one attached hydrogen (secondary N) is 2. The van der Waals surface area contributed by atoms with Crippen molar-refractivity contribution in [1.82, 2.24) is 20.0 Å². The molecule has 3 rings (SSSR count). The maximum absolute atomic E-state index is 12.4. The number of rotatable bonds is 5. The first-order valence-corrected chi connectivity index (χ1v) is 7.71. The summed E-state index contributed by atoms with van der Waals surface area (Å²) in [4.78, 5) is 20.8. The zero-order valence-electron chi connectivity index (χ0n) is 13.7. The van der Waals surface area contributed by atoms with Gasteiger partial charge in [0.2, 0.25) is 5.95 Å². The van der Waals surface area contributed by atoms with E-state index in [9.17, 15) is 4.79 Å². The van der Waals surface area contributed by atoms with Crippen molar-refractivity contribution >= 4 is 5.95 Å². The van der Waals surface area contributed by atoms with E-state index in [0.717, 1.165) is 16.8 Å². The van der Waals surface area contributed by atoms with Crippen molar-refractivity contribution in [1.29, 1.82) is 0 Å². The Kier molecular flexibility index (Phi) is 4.67. The fraction of sp³-hybridized carbons (Fsp3) is 0.167. The predicted molar refractivity (Wildman–Crippen MR) is 94.0 cm³/mol. The van der Waals surface area contributed by atoms with Crippen LogP contribution in [-0.2, 0) is 6.54 Å². The van der Waals surface area contributed by atoms with E-state index in [-0.39, 0.29) is 11.6 Å². The van der Waals surface area contributed by atoms with Crippen LogP contribution in [0.25, 0.3) is 5.69 Å². The van der Waals surface area contributed by atoms with E-state index >= 15 is 0 Å². The third kappa shape index (κ3) is 3.49. The van der Waals surface area contributed by atoms with Crippen LogP contribution in [0.5, 0.6) is 0 Å². The van der Waals surface area contributed by atoms with Crippen molar-refractivity contribution in [2.24, 2.45) is 0 Å². The third-order valence-corrected chi connectivity index (χ3v) is 3.68. The Balaban J connectivity index is 1.78. The number of aromatic nitrogens is 3. The summed E-state index contributed by atoms with van der Waals surface area (Å²) in [5, 5.41) is 0. The van der Waals surface area contributed by atoms with E-state index in [1.54, 1.807) is 6.92 Å². The Labute approximate surface area is 140 Å². The molecule has 0 aliphatic heterocycles. The Morgan fingerprint density at radius 3 is 2.38 bits per heavy atom. The highest BCUT2D eigenvalue weighted by Crippen LogP contribution is 2.12. The van der Waals surface area contributed by atoms with Gasteiger partial charge < -0.3 is 0 Å². The zero-order chi connectivity index (χ0) is 16.9. The summed E-state index contributed by atoms with van der Waals surface area (Å²) in [6, 6.07) is 17.6. The first-order chi connectivity index (χ1) is 11.6. The molecule has 0 saturated carbocycles. The molecule has 1 aromatic heterocycles. The summed E-state index contributed by atoms with van der Waals surface area (Å²) in [6.45, 7) is 4.34. The molecule has 1 heterocycles. The van der Waals surface area contributed by atoms with Crippen molar-refractivity contribution in [3.8, 4) is 5.69 Å². The smallest absolute Gasteiger partial charge is 0.289 e. The first-order valence-electron chi connectivity index (χ1n) is 7.71. The maximum Gasteiger partial charge on any atom is 0.356 e. The van der Waals surface area contributed by atoms with E-state index < -0.39 is 0 Å². The van der Waals surface area contributed by atoms with Crippen LogP contribution < -0.4 is 16.5 Å². The summed E-state index contributed by atoms with van der Waals surface area (Å²) in [5.74, 6) is 0.839. The van der Waals surface area contributed by atoms with Gasteiger partial charge >= 0.3 is 5.69 Å². The van der Waals surface area contributed by atoms with Gasteiger partial charge in [-0.3, -0.25) is 5.43 Å². The molecule has 0 atom stereocenters. The third-order valence-electron chi connectivity index (χ3n) is 3.68. The van der Waals surface area contributed by atoms with E-state index in [1.807, 2.05) is 61.5 Å². The topological polar surface area (TPSA) is 71.8 Å². The summed E-state index contributed by atoms with van der Waals surface area (Å²) in [7, 11) is 0. The van der Waals surface area contributed by atoms with Crippen LogP contribution >= 0.6 is 0 Å². The lowest BCUT2D eigenvalue weighted by Gasteiger charge is -2.13. The van der Waals surface area contributed by atoms with Crippen LogP contribution in [0.15, 0.2) is 59.4 Å². The lowest BCUT2D eigenvalue weighted by molar-refractivity contribution is 0.752. The number of para-hydroxylation sites is 1. The van der Waals surface area contributed by atoms with Gasteiger partial charge in [0.1, 0.15) is 5.82 Å². The van der Waals surface area contributed by atoms with E-state index in [4.69, 9.17) is 0 Å². The minimum absolute atomic E-state index is 0.262. The minimum atomic E-state index is -0.360. The van der Waals surface area contributed by atoms with Gasteiger partial charge in [-0.05, 0) is 31.0 Å². The monoisotopic (exact) mass is 321 g/mol. The molecule has 2 N–H and O–H groups in total. The van der Waals surface area contributed by atoms with Crippen LogP contribution in [0.3, 0.4) is 0 Å². The molecule has 6 heteroatoms. The highest BCUT2D eigenvalue weighted by atomic mass is 16.1. The lowest BCUT2D eigenvalue weighted by atomic mass is 10.2. The number of hydrogen-bond acceptors (Lipinski definition) is 5. The van der Waals surface area contributed by atoms with E-state index in [0.29, 0.717) is 12.4 Å². The molecule has 0 amide bonds. The van der Waals surface area contributed by atoms with E-state index in [2.05, 4.69) is 20.8 Å². The molecule has 24 heavy (non-hydrogen) atoms. The van der Waals surface area contributed by atoms with E-state index in [1.165, 1.54) is 4.57 Å². The summed E-state index contributed by atoms with van der Waals surface area (Å²) >= 11 is 0. The van der Waals surface area contributed by atoms with Gasteiger partial charge in [0.05, 0.1) is 5.69 Å². The van der Waals surface area contributed by atoms with Gasteiger partial charge in [-0.2, -0.15) is 9.97 Å². The predicted octanol–water partition coefficient (Wildman–Crippen LogP) is 2.36. The standard InChI is InChI=1S/C18H19N5O/c1-13-8-6-7-11-16(13)23-14(2)20-17(21-18(23)24)22-19-12-15-9-4-3-5-10-15/h3-11,19H,12H2,1-2H3,(H,21,22,24). The first kappa shape index (κ1) is 15.9. The summed E-state index contributed by atoms with van der Waals surface area (Å²) in [5.41, 5.74) is 8.45. The highest BCUT2D eigenvalue weighted by molar-refractivity contribution is 5.41. The Morgan fingerprint density at radius 2 is 1.67 bits per heavy atom. The molecule has 0 spiro atoms. The molecule has 0 saturated heterocycles. The fourth-order valence-electron chi connectivity index (χ4n) is 2.48. The number of hydrazine groups is 1. The fourth-order valence-corrected chi connectivity index (χ4v) is 2.48. The molecule has 0 fully saturated rings. The average molecular weight is 321 g/mol. The number of aryl methyl sites for hydroxylation is 2. The Hall–Kier alpha value is -2.99. The second-order valence-corrected chi connectivity index (χ2v) is 5.46. The number of anilines is 1. The maximum atomic E-state index is 12.4. The molecule has 2 aromatic carbocycles. The largest absolute Gasteiger partial charge is 0.356 e.